The highest BCUT2D eigenvalue weighted by molar-refractivity contribution is 4.83. The topological polar surface area (TPSA) is 12.0 Å². The molecule has 1 N–H and O–H groups in total. The van der Waals surface area contributed by atoms with Gasteiger partial charge >= 0.3 is 0 Å². The predicted octanol–water partition coefficient (Wildman–Crippen LogP) is 3.35. The van der Waals surface area contributed by atoms with E-state index in [0.29, 0.717) is 6.04 Å². The van der Waals surface area contributed by atoms with Crippen molar-refractivity contribution in [1.82, 2.24) is 5.32 Å². The van der Waals surface area contributed by atoms with Gasteiger partial charge in [0, 0.05) is 12.5 Å². The first-order valence-electron chi connectivity index (χ1n) is 6.02. The van der Waals surface area contributed by atoms with Gasteiger partial charge in [-0.3, -0.25) is 0 Å². The molecule has 0 aromatic rings. The van der Waals surface area contributed by atoms with E-state index in [1.807, 2.05) is 0 Å². The number of unbranched alkanes of at least 4 members (excludes halogenated alkanes) is 2. The zero-order valence-corrected chi connectivity index (χ0v) is 9.81. The lowest BCUT2D eigenvalue weighted by Gasteiger charge is -2.17. The Morgan fingerprint density at radius 3 is 2.43 bits per heavy atom. The largest absolute Gasteiger partial charge is 0.314 e. The van der Waals surface area contributed by atoms with Crippen LogP contribution in [0.15, 0.2) is 0 Å². The van der Waals surface area contributed by atoms with Gasteiger partial charge in [-0.05, 0) is 32.2 Å². The fourth-order valence-electron chi connectivity index (χ4n) is 1.60. The Labute approximate surface area is 89.7 Å². The van der Waals surface area contributed by atoms with Gasteiger partial charge in [-0.2, -0.15) is 0 Å². The van der Waals surface area contributed by atoms with Crippen molar-refractivity contribution in [3.05, 3.63) is 0 Å². The third-order valence-electron chi connectivity index (χ3n) is 2.46. The van der Waals surface area contributed by atoms with Crippen molar-refractivity contribution < 1.29 is 0 Å². The van der Waals surface area contributed by atoms with Crippen LogP contribution in [0.25, 0.3) is 0 Å². The summed E-state index contributed by atoms with van der Waals surface area (Å²) in [5, 5.41) is 3.59. The molecule has 0 aliphatic heterocycles. The summed E-state index contributed by atoms with van der Waals surface area (Å²) < 4.78 is 0. The third-order valence-corrected chi connectivity index (χ3v) is 2.46. The van der Waals surface area contributed by atoms with Crippen LogP contribution in [0, 0.1) is 12.3 Å². The molecule has 0 rings (SSSR count). The molecule has 0 amide bonds. The highest BCUT2D eigenvalue weighted by atomic mass is 14.9. The van der Waals surface area contributed by atoms with Crippen LogP contribution in [0.1, 0.15) is 58.8 Å². The van der Waals surface area contributed by atoms with Crippen LogP contribution in [0.5, 0.6) is 0 Å². The molecular formula is C13H25N. The lowest BCUT2D eigenvalue weighted by Crippen LogP contribution is -2.29. The Kier molecular flexibility index (Phi) is 10.2. The standard InChI is InChI=1S/C13H25N/c1-4-7-9-11-13(10-8-5-2)14-12-6-3/h1,13-14H,5-12H2,2-3H3. The highest BCUT2D eigenvalue weighted by Gasteiger charge is 2.05. The molecule has 0 aliphatic rings. The summed E-state index contributed by atoms with van der Waals surface area (Å²) in [5.41, 5.74) is 0. The molecule has 1 atom stereocenters. The van der Waals surface area contributed by atoms with Gasteiger partial charge in [-0.1, -0.05) is 26.7 Å². The average molecular weight is 195 g/mol. The SMILES string of the molecule is C#CCCCC(CCCC)NCCC. The zero-order chi connectivity index (χ0) is 10.6. The second-order valence-electron chi connectivity index (χ2n) is 3.89. The molecule has 1 unspecified atom stereocenters. The number of hydrogen-bond donors (Lipinski definition) is 1. The highest BCUT2D eigenvalue weighted by Crippen LogP contribution is 2.08. The molecule has 1 heteroatoms. The minimum absolute atomic E-state index is 0.697. The number of rotatable bonds is 9. The van der Waals surface area contributed by atoms with Crippen molar-refractivity contribution in [2.45, 2.75) is 64.8 Å². The summed E-state index contributed by atoms with van der Waals surface area (Å²) in [4.78, 5) is 0. The third kappa shape index (κ3) is 8.13. The van der Waals surface area contributed by atoms with E-state index in [1.54, 1.807) is 0 Å². The van der Waals surface area contributed by atoms with Crippen LogP contribution < -0.4 is 5.32 Å². The van der Waals surface area contributed by atoms with Gasteiger partial charge < -0.3 is 5.32 Å². The van der Waals surface area contributed by atoms with E-state index in [-0.39, 0.29) is 0 Å². The Morgan fingerprint density at radius 1 is 1.14 bits per heavy atom. The van der Waals surface area contributed by atoms with Crippen molar-refractivity contribution in [1.29, 1.82) is 0 Å². The lowest BCUT2D eigenvalue weighted by molar-refractivity contribution is 0.431. The summed E-state index contributed by atoms with van der Waals surface area (Å²) >= 11 is 0. The molecule has 0 aliphatic carbocycles. The van der Waals surface area contributed by atoms with E-state index in [0.717, 1.165) is 13.0 Å². The Hall–Kier alpha value is -0.480. The molecule has 0 aromatic carbocycles. The van der Waals surface area contributed by atoms with Crippen LogP contribution in [-0.2, 0) is 0 Å². The first kappa shape index (κ1) is 13.5. The van der Waals surface area contributed by atoms with E-state index in [9.17, 15) is 0 Å². The number of hydrogen-bond acceptors (Lipinski definition) is 1. The summed E-state index contributed by atoms with van der Waals surface area (Å²) in [6, 6.07) is 0.697. The van der Waals surface area contributed by atoms with Crippen molar-refractivity contribution in [3.8, 4) is 12.3 Å². The van der Waals surface area contributed by atoms with E-state index in [2.05, 4.69) is 25.1 Å². The molecule has 82 valence electrons. The molecule has 0 fully saturated rings. The van der Waals surface area contributed by atoms with Gasteiger partial charge in [-0.25, -0.2) is 0 Å². The van der Waals surface area contributed by atoms with Crippen LogP contribution in [0.3, 0.4) is 0 Å². The number of nitrogens with one attached hydrogen (secondary N) is 1. The molecule has 0 saturated carbocycles. The van der Waals surface area contributed by atoms with Crippen LogP contribution >= 0.6 is 0 Å². The fraction of sp³-hybridized carbons (Fsp3) is 0.846. The van der Waals surface area contributed by atoms with Gasteiger partial charge in [0.15, 0.2) is 0 Å². The van der Waals surface area contributed by atoms with E-state index >= 15 is 0 Å². The molecular weight excluding hydrogens is 170 g/mol. The molecule has 0 bridgehead atoms. The lowest BCUT2D eigenvalue weighted by atomic mass is 10.0. The second kappa shape index (κ2) is 10.6. The minimum atomic E-state index is 0.697. The van der Waals surface area contributed by atoms with Gasteiger partial charge in [0.25, 0.3) is 0 Å². The summed E-state index contributed by atoms with van der Waals surface area (Å²) in [5.74, 6) is 2.71. The molecule has 0 saturated heterocycles. The van der Waals surface area contributed by atoms with Crippen molar-refractivity contribution in [2.75, 3.05) is 6.54 Å². The Balaban J connectivity index is 3.56. The van der Waals surface area contributed by atoms with Crippen molar-refractivity contribution in [2.24, 2.45) is 0 Å². The molecule has 14 heavy (non-hydrogen) atoms. The van der Waals surface area contributed by atoms with Crippen LogP contribution in [-0.4, -0.2) is 12.6 Å². The van der Waals surface area contributed by atoms with E-state index in [1.165, 1.54) is 38.5 Å². The quantitative estimate of drug-likeness (QED) is 0.439. The van der Waals surface area contributed by atoms with Crippen molar-refractivity contribution >= 4 is 0 Å². The zero-order valence-electron chi connectivity index (χ0n) is 9.81. The first-order chi connectivity index (χ1) is 6.85. The molecule has 1 nitrogen and oxygen atoms in total. The van der Waals surface area contributed by atoms with Crippen LogP contribution in [0.2, 0.25) is 0 Å². The van der Waals surface area contributed by atoms with Gasteiger partial charge in [-0.15, -0.1) is 12.3 Å². The van der Waals surface area contributed by atoms with E-state index < -0.39 is 0 Å². The normalized spacial score (nSPS) is 12.4. The monoisotopic (exact) mass is 195 g/mol. The first-order valence-corrected chi connectivity index (χ1v) is 6.02. The van der Waals surface area contributed by atoms with Gasteiger partial charge in [0.2, 0.25) is 0 Å². The Bertz CT molecular complexity index is 138. The smallest absolute Gasteiger partial charge is 0.00866 e. The summed E-state index contributed by atoms with van der Waals surface area (Å²) in [6.07, 6.45) is 13.7. The minimum Gasteiger partial charge on any atom is -0.314 e. The van der Waals surface area contributed by atoms with Gasteiger partial charge in [0.1, 0.15) is 0 Å². The molecule has 0 radical (unpaired) electrons. The molecule has 0 aromatic heterocycles. The summed E-state index contributed by atoms with van der Waals surface area (Å²) in [7, 11) is 0. The maximum Gasteiger partial charge on any atom is 0.00866 e. The molecule has 0 spiro atoms. The van der Waals surface area contributed by atoms with Gasteiger partial charge in [0.05, 0.1) is 0 Å². The van der Waals surface area contributed by atoms with E-state index in [4.69, 9.17) is 6.42 Å². The maximum absolute atomic E-state index is 5.24. The van der Waals surface area contributed by atoms with Crippen LogP contribution in [0.4, 0.5) is 0 Å². The van der Waals surface area contributed by atoms with Crippen molar-refractivity contribution in [3.63, 3.8) is 0 Å². The summed E-state index contributed by atoms with van der Waals surface area (Å²) in [6.45, 7) is 5.61. The maximum atomic E-state index is 5.24. The Morgan fingerprint density at radius 2 is 1.86 bits per heavy atom. The molecule has 0 heterocycles. The fourth-order valence-corrected chi connectivity index (χ4v) is 1.60. The second-order valence-corrected chi connectivity index (χ2v) is 3.89. The number of terminal acetylenes is 1. The predicted molar refractivity (Wildman–Crippen MR) is 64.3 cm³/mol. The average Bonchev–Trinajstić information content (AvgIpc) is 2.21.